The van der Waals surface area contributed by atoms with Crippen molar-refractivity contribution in [2.75, 3.05) is 18.4 Å². The summed E-state index contributed by atoms with van der Waals surface area (Å²) >= 11 is 1.41. The molecule has 0 aliphatic rings. The third-order valence-corrected chi connectivity index (χ3v) is 4.83. The predicted octanol–water partition coefficient (Wildman–Crippen LogP) is 4.79. The van der Waals surface area contributed by atoms with Gasteiger partial charge in [-0.25, -0.2) is 4.39 Å². The molecule has 3 aromatic rings. The van der Waals surface area contributed by atoms with Crippen LogP contribution in [0.4, 0.5) is 10.1 Å². The fraction of sp³-hybridized carbons (Fsp3) is 0.150. The lowest BCUT2D eigenvalue weighted by atomic mass is 10.2. The number of rotatable bonds is 7. The van der Waals surface area contributed by atoms with Crippen molar-refractivity contribution in [1.82, 2.24) is 5.32 Å². The van der Waals surface area contributed by atoms with E-state index < -0.39 is 0 Å². The minimum absolute atomic E-state index is 0.0712. The van der Waals surface area contributed by atoms with E-state index in [1.807, 2.05) is 36.4 Å². The molecule has 0 aliphatic carbocycles. The van der Waals surface area contributed by atoms with Gasteiger partial charge in [0.2, 0.25) is 0 Å². The molecular weight excluding hydrogens is 335 g/mol. The smallest absolute Gasteiger partial charge is 0.261 e. The Morgan fingerprint density at radius 3 is 2.44 bits per heavy atom. The van der Waals surface area contributed by atoms with Crippen molar-refractivity contribution in [1.29, 1.82) is 0 Å². The number of thiophene rings is 1. The zero-order valence-electron chi connectivity index (χ0n) is 13.7. The lowest BCUT2D eigenvalue weighted by Gasteiger charge is -2.06. The Morgan fingerprint density at radius 1 is 0.920 bits per heavy atom. The minimum atomic E-state index is -0.262. The third kappa shape index (κ3) is 4.90. The zero-order chi connectivity index (χ0) is 17.5. The molecule has 25 heavy (non-hydrogen) atoms. The van der Waals surface area contributed by atoms with Gasteiger partial charge in [0, 0.05) is 23.7 Å². The number of nitrogens with one attached hydrogen (secondary N) is 2. The van der Waals surface area contributed by atoms with E-state index in [1.54, 1.807) is 18.2 Å². The van der Waals surface area contributed by atoms with Crippen molar-refractivity contribution in [3.8, 4) is 10.4 Å². The van der Waals surface area contributed by atoms with Crippen LogP contribution in [0.3, 0.4) is 0 Å². The summed E-state index contributed by atoms with van der Waals surface area (Å²) in [5.41, 5.74) is 1.99. The molecule has 1 heterocycles. The lowest BCUT2D eigenvalue weighted by Crippen LogP contribution is -2.25. The molecule has 2 N–H and O–H groups in total. The number of hydrogen-bond acceptors (Lipinski definition) is 3. The molecule has 0 aliphatic heterocycles. The summed E-state index contributed by atoms with van der Waals surface area (Å²) in [5.74, 6) is -0.333. The summed E-state index contributed by atoms with van der Waals surface area (Å²) in [6.07, 6.45) is 0.844. The Balaban J connectivity index is 1.45. The predicted molar refractivity (Wildman–Crippen MR) is 102 cm³/mol. The topological polar surface area (TPSA) is 41.1 Å². The second-order valence-corrected chi connectivity index (χ2v) is 6.66. The molecule has 0 saturated heterocycles. The van der Waals surface area contributed by atoms with Gasteiger partial charge in [-0.3, -0.25) is 4.79 Å². The SMILES string of the molecule is O=C(NCCCNc1ccccc1)c1ccc(-c2ccc(F)cc2)s1. The molecule has 0 unspecified atom stereocenters. The highest BCUT2D eigenvalue weighted by Gasteiger charge is 2.09. The maximum atomic E-state index is 13.0. The largest absolute Gasteiger partial charge is 0.385 e. The number of para-hydroxylation sites is 1. The summed E-state index contributed by atoms with van der Waals surface area (Å²) < 4.78 is 13.0. The number of benzene rings is 2. The number of anilines is 1. The van der Waals surface area contributed by atoms with Crippen molar-refractivity contribution in [3.05, 3.63) is 77.4 Å². The van der Waals surface area contributed by atoms with Gasteiger partial charge >= 0.3 is 0 Å². The van der Waals surface area contributed by atoms with Crippen LogP contribution in [0.15, 0.2) is 66.7 Å². The van der Waals surface area contributed by atoms with Crippen LogP contribution in [-0.2, 0) is 0 Å². The molecule has 0 radical (unpaired) electrons. The maximum Gasteiger partial charge on any atom is 0.261 e. The molecule has 128 valence electrons. The monoisotopic (exact) mass is 354 g/mol. The molecule has 3 rings (SSSR count). The Morgan fingerprint density at radius 2 is 1.68 bits per heavy atom. The molecule has 0 fully saturated rings. The van der Waals surface area contributed by atoms with E-state index in [9.17, 15) is 9.18 Å². The van der Waals surface area contributed by atoms with Crippen LogP contribution >= 0.6 is 11.3 Å². The third-order valence-electron chi connectivity index (χ3n) is 3.70. The van der Waals surface area contributed by atoms with Gasteiger partial charge in [0.15, 0.2) is 0 Å². The average Bonchev–Trinajstić information content (AvgIpc) is 3.13. The molecule has 1 amide bonds. The first-order valence-corrected chi connectivity index (χ1v) is 8.97. The second-order valence-electron chi connectivity index (χ2n) is 5.57. The Hall–Kier alpha value is -2.66. The van der Waals surface area contributed by atoms with Crippen LogP contribution < -0.4 is 10.6 Å². The van der Waals surface area contributed by atoms with Crippen LogP contribution in [0.5, 0.6) is 0 Å². The van der Waals surface area contributed by atoms with E-state index in [0.717, 1.165) is 29.1 Å². The van der Waals surface area contributed by atoms with Gasteiger partial charge < -0.3 is 10.6 Å². The van der Waals surface area contributed by atoms with Gasteiger partial charge in [-0.15, -0.1) is 11.3 Å². The molecule has 0 saturated carbocycles. The molecular formula is C20H19FN2OS. The standard InChI is InChI=1S/C20H19FN2OS/c21-16-9-7-15(8-10-16)18-11-12-19(25-18)20(24)23-14-4-13-22-17-5-2-1-3-6-17/h1-3,5-12,22H,4,13-14H2,(H,23,24). The highest BCUT2D eigenvalue weighted by molar-refractivity contribution is 7.17. The fourth-order valence-electron chi connectivity index (χ4n) is 2.40. The molecule has 3 nitrogen and oxygen atoms in total. The van der Waals surface area contributed by atoms with Crippen LogP contribution in [0, 0.1) is 5.82 Å². The van der Waals surface area contributed by atoms with Crippen LogP contribution in [0.1, 0.15) is 16.1 Å². The fourth-order valence-corrected chi connectivity index (χ4v) is 3.32. The molecule has 5 heteroatoms. The number of carbonyl (C=O) groups excluding carboxylic acids is 1. The highest BCUT2D eigenvalue weighted by atomic mass is 32.1. The summed E-state index contributed by atoms with van der Waals surface area (Å²) in [4.78, 5) is 13.8. The summed E-state index contributed by atoms with van der Waals surface area (Å²) in [6.45, 7) is 1.41. The molecule has 0 bridgehead atoms. The highest BCUT2D eigenvalue weighted by Crippen LogP contribution is 2.28. The van der Waals surface area contributed by atoms with Crippen molar-refractivity contribution in [2.24, 2.45) is 0 Å². The Kier molecular flexibility index (Phi) is 5.80. The summed E-state index contributed by atoms with van der Waals surface area (Å²) in [6, 6.07) is 20.0. The molecule has 1 aromatic heterocycles. The minimum Gasteiger partial charge on any atom is -0.385 e. The molecule has 2 aromatic carbocycles. The number of halogens is 1. The van der Waals surface area contributed by atoms with E-state index >= 15 is 0 Å². The second kappa shape index (κ2) is 8.44. The van der Waals surface area contributed by atoms with E-state index in [0.29, 0.717) is 11.4 Å². The van der Waals surface area contributed by atoms with Gasteiger partial charge in [-0.1, -0.05) is 30.3 Å². The van der Waals surface area contributed by atoms with Gasteiger partial charge in [-0.05, 0) is 48.4 Å². The average molecular weight is 354 g/mol. The van der Waals surface area contributed by atoms with E-state index in [2.05, 4.69) is 10.6 Å². The van der Waals surface area contributed by atoms with Crippen LogP contribution in [0.25, 0.3) is 10.4 Å². The van der Waals surface area contributed by atoms with Crippen LogP contribution in [0.2, 0.25) is 0 Å². The Bertz CT molecular complexity index is 815. The van der Waals surface area contributed by atoms with E-state index in [-0.39, 0.29) is 11.7 Å². The van der Waals surface area contributed by atoms with E-state index in [4.69, 9.17) is 0 Å². The zero-order valence-corrected chi connectivity index (χ0v) is 14.5. The van der Waals surface area contributed by atoms with Crippen LogP contribution in [-0.4, -0.2) is 19.0 Å². The number of hydrogen-bond donors (Lipinski definition) is 2. The first-order valence-electron chi connectivity index (χ1n) is 8.15. The van der Waals surface area contributed by atoms with Crippen molar-refractivity contribution in [3.63, 3.8) is 0 Å². The van der Waals surface area contributed by atoms with Gasteiger partial charge in [0.25, 0.3) is 5.91 Å². The molecule has 0 atom stereocenters. The summed E-state index contributed by atoms with van der Waals surface area (Å²) in [7, 11) is 0. The van der Waals surface area contributed by atoms with Gasteiger partial charge in [-0.2, -0.15) is 0 Å². The normalized spacial score (nSPS) is 10.4. The van der Waals surface area contributed by atoms with E-state index in [1.165, 1.54) is 23.5 Å². The number of carbonyl (C=O) groups is 1. The lowest BCUT2D eigenvalue weighted by molar-refractivity contribution is 0.0957. The first-order chi connectivity index (χ1) is 12.2. The summed E-state index contributed by atoms with van der Waals surface area (Å²) in [5, 5.41) is 6.24. The maximum absolute atomic E-state index is 13.0. The van der Waals surface area contributed by atoms with Crippen molar-refractivity contribution >= 4 is 22.9 Å². The van der Waals surface area contributed by atoms with Crippen molar-refractivity contribution in [2.45, 2.75) is 6.42 Å². The Labute approximate surface area is 150 Å². The van der Waals surface area contributed by atoms with Gasteiger partial charge in [0.1, 0.15) is 5.82 Å². The molecule has 0 spiro atoms. The first kappa shape index (κ1) is 17.2. The number of amides is 1. The van der Waals surface area contributed by atoms with Crippen molar-refractivity contribution < 1.29 is 9.18 Å². The van der Waals surface area contributed by atoms with Gasteiger partial charge in [0.05, 0.1) is 4.88 Å². The quantitative estimate of drug-likeness (QED) is 0.599.